The number of carbonyl (C=O) groups is 2. The molecule has 1 aliphatic carbocycles. The number of likely N-dealkylation sites (N-methyl/N-ethyl adjacent to an activating group) is 1. The molecule has 0 bridgehead atoms. The molecule has 7 heteroatoms. The first kappa shape index (κ1) is 25.1. The van der Waals surface area contributed by atoms with Crippen LogP contribution in [0.5, 0.6) is 0 Å². The number of carbonyl (C=O) groups excluding carboxylic acids is 2. The van der Waals surface area contributed by atoms with E-state index < -0.39 is 11.9 Å². The van der Waals surface area contributed by atoms with E-state index in [1.807, 2.05) is 18.4 Å². The van der Waals surface area contributed by atoms with E-state index >= 15 is 0 Å². The van der Waals surface area contributed by atoms with Crippen LogP contribution in [0.2, 0.25) is 0 Å². The molecule has 0 spiro atoms. The molecule has 1 aliphatic rings. The Balaban J connectivity index is 2.41. The van der Waals surface area contributed by atoms with Gasteiger partial charge in [0, 0.05) is 25.8 Å². The van der Waals surface area contributed by atoms with Crippen molar-refractivity contribution in [2.75, 3.05) is 20.2 Å². The van der Waals surface area contributed by atoms with Crippen molar-refractivity contribution in [2.24, 2.45) is 5.92 Å². The van der Waals surface area contributed by atoms with Gasteiger partial charge in [0.2, 0.25) is 5.91 Å². The minimum atomic E-state index is -0.755. The molecule has 0 aromatic carbocycles. The van der Waals surface area contributed by atoms with Gasteiger partial charge in [0.25, 0.3) is 11.5 Å². The Kier molecular flexibility index (Phi) is 9.75. The number of amides is 2. The van der Waals surface area contributed by atoms with E-state index in [0.717, 1.165) is 56.2 Å². The van der Waals surface area contributed by atoms with Gasteiger partial charge in [0.15, 0.2) is 0 Å². The Hall–Kier alpha value is -2.15. The Labute approximate surface area is 185 Å². The third kappa shape index (κ3) is 6.42. The minimum absolute atomic E-state index is 0.124. The number of rotatable bonds is 9. The summed E-state index contributed by atoms with van der Waals surface area (Å²) in [7, 11) is 1.60. The second kappa shape index (κ2) is 12.0. The molecule has 2 rings (SSSR count). The van der Waals surface area contributed by atoms with E-state index in [2.05, 4.69) is 12.2 Å². The number of aryl methyl sites for hydroxylation is 1. The summed E-state index contributed by atoms with van der Waals surface area (Å²) < 4.78 is 1.81. The normalized spacial score (nSPS) is 15.0. The van der Waals surface area contributed by atoms with Crippen LogP contribution in [-0.4, -0.2) is 52.6 Å². The molecule has 1 atom stereocenters. The SMILES string of the molecule is CCCCn1c2c(cc(C(=O)NC(C(=O)N(C)CCO)C(C)C)c1=O)CCCCCC2. The predicted molar refractivity (Wildman–Crippen MR) is 122 cm³/mol. The van der Waals surface area contributed by atoms with Crippen LogP contribution in [0.1, 0.15) is 80.9 Å². The molecule has 31 heavy (non-hydrogen) atoms. The lowest BCUT2D eigenvalue weighted by molar-refractivity contribution is -0.133. The molecule has 174 valence electrons. The van der Waals surface area contributed by atoms with Crippen LogP contribution in [0.15, 0.2) is 10.9 Å². The lowest BCUT2D eigenvalue weighted by Crippen LogP contribution is -2.51. The monoisotopic (exact) mass is 433 g/mol. The second-order valence-corrected chi connectivity index (χ2v) is 8.93. The predicted octanol–water partition coefficient (Wildman–Crippen LogP) is 2.51. The lowest BCUT2D eigenvalue weighted by Gasteiger charge is -2.27. The average Bonchev–Trinajstić information content (AvgIpc) is 2.71. The second-order valence-electron chi connectivity index (χ2n) is 8.93. The van der Waals surface area contributed by atoms with Gasteiger partial charge in [-0.15, -0.1) is 0 Å². The van der Waals surface area contributed by atoms with Gasteiger partial charge in [-0.3, -0.25) is 14.4 Å². The highest BCUT2D eigenvalue weighted by molar-refractivity contribution is 5.97. The molecule has 0 aliphatic heterocycles. The van der Waals surface area contributed by atoms with Crippen molar-refractivity contribution in [1.29, 1.82) is 0 Å². The lowest BCUT2D eigenvalue weighted by atomic mass is 9.95. The van der Waals surface area contributed by atoms with Crippen molar-refractivity contribution in [2.45, 2.75) is 84.7 Å². The van der Waals surface area contributed by atoms with Gasteiger partial charge in [-0.1, -0.05) is 40.0 Å². The third-order valence-corrected chi connectivity index (χ3v) is 6.11. The molecule has 2 N–H and O–H groups in total. The highest BCUT2D eigenvalue weighted by atomic mass is 16.3. The number of nitrogens with one attached hydrogen (secondary N) is 1. The summed E-state index contributed by atoms with van der Waals surface area (Å²) in [4.78, 5) is 40.7. The summed E-state index contributed by atoms with van der Waals surface area (Å²) in [5.41, 5.74) is 2.03. The Morgan fingerprint density at radius 1 is 1.19 bits per heavy atom. The molecule has 1 heterocycles. The van der Waals surface area contributed by atoms with Crippen molar-refractivity contribution >= 4 is 11.8 Å². The number of aliphatic hydroxyl groups excluding tert-OH is 1. The Morgan fingerprint density at radius 2 is 1.87 bits per heavy atom. The van der Waals surface area contributed by atoms with Crippen LogP contribution >= 0.6 is 0 Å². The van der Waals surface area contributed by atoms with Crippen molar-refractivity contribution in [1.82, 2.24) is 14.8 Å². The Morgan fingerprint density at radius 3 is 2.48 bits per heavy atom. The summed E-state index contributed by atoms with van der Waals surface area (Å²) in [6, 6.07) is 1.01. The first-order valence-electron chi connectivity index (χ1n) is 11.7. The number of hydrogen-bond donors (Lipinski definition) is 2. The molecule has 0 saturated carbocycles. The largest absolute Gasteiger partial charge is 0.395 e. The van der Waals surface area contributed by atoms with Crippen molar-refractivity contribution in [3.8, 4) is 0 Å². The fraction of sp³-hybridized carbons (Fsp3) is 0.708. The summed E-state index contributed by atoms with van der Waals surface area (Å²) >= 11 is 0. The molecule has 0 radical (unpaired) electrons. The molecule has 1 aromatic heterocycles. The number of pyridine rings is 1. The van der Waals surface area contributed by atoms with Gasteiger partial charge in [-0.05, 0) is 49.7 Å². The van der Waals surface area contributed by atoms with E-state index in [-0.39, 0.29) is 36.1 Å². The molecule has 0 fully saturated rings. The molecular formula is C24H39N3O4. The van der Waals surface area contributed by atoms with Crippen LogP contribution < -0.4 is 10.9 Å². The van der Waals surface area contributed by atoms with Gasteiger partial charge in [0.05, 0.1) is 6.61 Å². The summed E-state index contributed by atoms with van der Waals surface area (Å²) in [6.07, 6.45) is 8.04. The number of unbranched alkanes of at least 4 members (excludes halogenated alkanes) is 1. The van der Waals surface area contributed by atoms with Gasteiger partial charge in [-0.2, -0.15) is 0 Å². The maximum atomic E-state index is 13.3. The van der Waals surface area contributed by atoms with Crippen molar-refractivity contribution in [3.05, 3.63) is 33.2 Å². The first-order valence-corrected chi connectivity index (χ1v) is 11.7. The van der Waals surface area contributed by atoms with E-state index in [1.54, 1.807) is 13.1 Å². The Bertz CT molecular complexity index is 816. The van der Waals surface area contributed by atoms with Gasteiger partial charge in [0.1, 0.15) is 11.6 Å². The number of nitrogens with zero attached hydrogens (tertiary/aromatic N) is 2. The summed E-state index contributed by atoms with van der Waals surface area (Å²) in [5.74, 6) is -0.913. The topological polar surface area (TPSA) is 91.6 Å². The van der Waals surface area contributed by atoms with E-state index in [0.29, 0.717) is 6.54 Å². The van der Waals surface area contributed by atoms with Gasteiger partial charge in [-0.25, -0.2) is 0 Å². The van der Waals surface area contributed by atoms with Crippen LogP contribution in [0, 0.1) is 5.92 Å². The molecule has 1 aromatic rings. The summed E-state index contributed by atoms with van der Waals surface area (Å²) in [5, 5.41) is 11.9. The van der Waals surface area contributed by atoms with E-state index in [4.69, 9.17) is 5.11 Å². The summed E-state index contributed by atoms with van der Waals surface area (Å²) in [6.45, 7) is 6.47. The zero-order valence-corrected chi connectivity index (χ0v) is 19.6. The van der Waals surface area contributed by atoms with Crippen LogP contribution in [0.25, 0.3) is 0 Å². The highest BCUT2D eigenvalue weighted by Crippen LogP contribution is 2.21. The van der Waals surface area contributed by atoms with Crippen molar-refractivity contribution < 1.29 is 14.7 Å². The van der Waals surface area contributed by atoms with Crippen LogP contribution in [-0.2, 0) is 24.2 Å². The number of aromatic nitrogens is 1. The maximum Gasteiger partial charge on any atom is 0.263 e. The zero-order chi connectivity index (χ0) is 23.0. The van der Waals surface area contributed by atoms with E-state index in [9.17, 15) is 14.4 Å². The fourth-order valence-electron chi connectivity index (χ4n) is 4.18. The molecular weight excluding hydrogens is 394 g/mol. The van der Waals surface area contributed by atoms with Crippen molar-refractivity contribution in [3.63, 3.8) is 0 Å². The first-order chi connectivity index (χ1) is 14.8. The zero-order valence-electron chi connectivity index (χ0n) is 19.6. The maximum absolute atomic E-state index is 13.3. The average molecular weight is 434 g/mol. The molecule has 2 amide bonds. The number of hydrogen-bond acceptors (Lipinski definition) is 4. The highest BCUT2D eigenvalue weighted by Gasteiger charge is 2.29. The number of fused-ring (bicyclic) bond motifs is 1. The van der Waals surface area contributed by atoms with Gasteiger partial charge >= 0.3 is 0 Å². The smallest absolute Gasteiger partial charge is 0.263 e. The quantitative estimate of drug-likeness (QED) is 0.626. The van der Waals surface area contributed by atoms with Crippen LogP contribution in [0.3, 0.4) is 0 Å². The molecule has 1 unspecified atom stereocenters. The fourth-order valence-corrected chi connectivity index (χ4v) is 4.18. The molecule has 7 nitrogen and oxygen atoms in total. The van der Waals surface area contributed by atoms with Crippen LogP contribution in [0.4, 0.5) is 0 Å². The third-order valence-electron chi connectivity index (χ3n) is 6.11. The van der Waals surface area contributed by atoms with E-state index in [1.165, 1.54) is 11.3 Å². The standard InChI is InChI=1S/C24H39N3O4/c1-5-6-13-27-20-12-10-8-7-9-11-18(20)16-19(23(27)30)22(29)25-21(17(2)3)24(31)26(4)14-15-28/h16-17,21,28H,5-15H2,1-4H3,(H,25,29). The number of aliphatic hydroxyl groups is 1. The molecule has 0 saturated heterocycles. The van der Waals surface area contributed by atoms with Gasteiger partial charge < -0.3 is 19.9 Å². The minimum Gasteiger partial charge on any atom is -0.395 e.